The Bertz CT molecular complexity index is 1010. The molecule has 2 aliphatic heterocycles. The van der Waals surface area contributed by atoms with E-state index in [0.29, 0.717) is 25.3 Å². The summed E-state index contributed by atoms with van der Waals surface area (Å²) in [5, 5.41) is 2.66. The average Bonchev–Trinajstić information content (AvgIpc) is 3.49. The summed E-state index contributed by atoms with van der Waals surface area (Å²) >= 11 is 0. The van der Waals surface area contributed by atoms with Crippen molar-refractivity contribution < 1.29 is 27.5 Å². The number of ether oxygens (including phenoxy) is 1. The number of sulfonamides is 1. The second-order valence-corrected chi connectivity index (χ2v) is 11.4. The van der Waals surface area contributed by atoms with Gasteiger partial charge in [-0.05, 0) is 56.9 Å². The fourth-order valence-corrected chi connectivity index (χ4v) is 6.51. The van der Waals surface area contributed by atoms with Gasteiger partial charge in [0.25, 0.3) is 5.91 Å². The van der Waals surface area contributed by atoms with Gasteiger partial charge in [0, 0.05) is 37.8 Å². The molecule has 9 nitrogen and oxygen atoms in total. The van der Waals surface area contributed by atoms with Crippen molar-refractivity contribution in [2.24, 2.45) is 5.92 Å². The molecular formula is C24H33N3O6S. The summed E-state index contributed by atoms with van der Waals surface area (Å²) in [6, 6.07) is 6.21. The lowest BCUT2D eigenvalue weighted by atomic mass is 10.1. The summed E-state index contributed by atoms with van der Waals surface area (Å²) in [5.41, 5.74) is 0.411. The van der Waals surface area contributed by atoms with E-state index in [9.17, 15) is 22.8 Å². The van der Waals surface area contributed by atoms with E-state index in [1.165, 1.54) is 35.5 Å². The van der Waals surface area contributed by atoms with Crippen LogP contribution >= 0.6 is 0 Å². The molecule has 1 saturated carbocycles. The molecule has 186 valence electrons. The van der Waals surface area contributed by atoms with Crippen LogP contribution < -0.4 is 5.32 Å². The molecule has 4 rings (SSSR count). The van der Waals surface area contributed by atoms with E-state index in [4.69, 9.17) is 4.74 Å². The van der Waals surface area contributed by atoms with E-state index in [1.54, 1.807) is 4.90 Å². The van der Waals surface area contributed by atoms with Crippen LogP contribution in [0.4, 0.5) is 5.69 Å². The first-order valence-electron chi connectivity index (χ1n) is 12.2. The van der Waals surface area contributed by atoms with Crippen molar-refractivity contribution in [2.75, 3.05) is 25.0 Å². The molecule has 2 atom stereocenters. The van der Waals surface area contributed by atoms with Gasteiger partial charge in [0.15, 0.2) is 6.10 Å². The van der Waals surface area contributed by atoms with Gasteiger partial charge in [-0.1, -0.05) is 19.3 Å². The van der Waals surface area contributed by atoms with E-state index < -0.39 is 33.9 Å². The van der Waals surface area contributed by atoms with E-state index in [2.05, 4.69) is 5.32 Å². The number of piperidine rings is 1. The maximum absolute atomic E-state index is 12.8. The lowest BCUT2D eigenvalue weighted by molar-refractivity contribution is -0.157. The maximum atomic E-state index is 12.8. The van der Waals surface area contributed by atoms with Crippen LogP contribution in [-0.2, 0) is 29.1 Å². The predicted octanol–water partition coefficient (Wildman–Crippen LogP) is 2.52. The second kappa shape index (κ2) is 10.4. The number of hydrogen-bond donors (Lipinski definition) is 1. The van der Waals surface area contributed by atoms with Gasteiger partial charge in [-0.15, -0.1) is 0 Å². The zero-order valence-electron chi connectivity index (χ0n) is 19.6. The first-order chi connectivity index (χ1) is 16.3. The van der Waals surface area contributed by atoms with Gasteiger partial charge in [0.05, 0.1) is 10.8 Å². The highest BCUT2D eigenvalue weighted by Gasteiger charge is 2.40. The SMILES string of the molecule is C[C@H](OC(=O)[C@H]1CC(=O)N(C2CCCC2)C1)C(=O)Nc1ccc(S(=O)(=O)N2CCCCC2)cc1. The van der Waals surface area contributed by atoms with E-state index in [0.717, 1.165) is 44.9 Å². The Morgan fingerprint density at radius 3 is 2.32 bits per heavy atom. The van der Waals surface area contributed by atoms with Gasteiger partial charge in [-0.3, -0.25) is 14.4 Å². The largest absolute Gasteiger partial charge is 0.452 e. The number of carbonyl (C=O) groups is 3. The molecule has 10 heteroatoms. The van der Waals surface area contributed by atoms with Crippen molar-refractivity contribution in [3.8, 4) is 0 Å². The zero-order chi connectivity index (χ0) is 24.3. The normalized spacial score (nSPS) is 23.1. The minimum atomic E-state index is -3.54. The van der Waals surface area contributed by atoms with Crippen LogP contribution in [0.5, 0.6) is 0 Å². The first-order valence-corrected chi connectivity index (χ1v) is 13.6. The number of nitrogens with one attached hydrogen (secondary N) is 1. The van der Waals surface area contributed by atoms with Crippen LogP contribution in [0.2, 0.25) is 0 Å². The van der Waals surface area contributed by atoms with Gasteiger partial charge in [-0.25, -0.2) is 8.42 Å². The smallest absolute Gasteiger partial charge is 0.312 e. The van der Waals surface area contributed by atoms with Crippen LogP contribution in [-0.4, -0.2) is 67.2 Å². The standard InChI is InChI=1S/C24H33N3O6S/c1-17(33-24(30)18-15-22(28)27(16-18)20-7-3-4-8-20)23(29)25-19-9-11-21(12-10-19)34(31,32)26-13-5-2-6-14-26/h9-12,17-18,20H,2-8,13-16H2,1H3,(H,25,29)/t17-,18-/m0/s1. The molecule has 1 N–H and O–H groups in total. The monoisotopic (exact) mass is 491 g/mol. The Morgan fingerprint density at radius 2 is 1.68 bits per heavy atom. The molecule has 1 aromatic rings. The van der Waals surface area contributed by atoms with Crippen molar-refractivity contribution in [3.05, 3.63) is 24.3 Å². The van der Waals surface area contributed by atoms with Gasteiger partial charge >= 0.3 is 5.97 Å². The van der Waals surface area contributed by atoms with E-state index in [-0.39, 0.29) is 23.3 Å². The minimum Gasteiger partial charge on any atom is -0.452 e. The number of benzene rings is 1. The fourth-order valence-electron chi connectivity index (χ4n) is 4.99. The summed E-state index contributed by atoms with van der Waals surface area (Å²) < 4.78 is 32.4. The number of likely N-dealkylation sites (tertiary alicyclic amines) is 1. The number of esters is 1. The summed E-state index contributed by atoms with van der Waals surface area (Å²) in [6.45, 7) is 2.88. The number of nitrogens with zero attached hydrogens (tertiary/aromatic N) is 2. The van der Waals surface area contributed by atoms with Crippen LogP contribution in [0.3, 0.4) is 0 Å². The molecule has 1 aromatic carbocycles. The third-order valence-corrected chi connectivity index (χ3v) is 8.91. The summed E-state index contributed by atoms with van der Waals surface area (Å²) in [6.07, 6.45) is 5.99. The van der Waals surface area contributed by atoms with E-state index >= 15 is 0 Å². The van der Waals surface area contributed by atoms with Gasteiger partial charge in [-0.2, -0.15) is 4.31 Å². The highest BCUT2D eigenvalue weighted by Crippen LogP contribution is 2.30. The molecule has 0 radical (unpaired) electrons. The maximum Gasteiger partial charge on any atom is 0.312 e. The number of hydrogen-bond acceptors (Lipinski definition) is 6. The Labute approximate surface area is 200 Å². The molecule has 2 saturated heterocycles. The van der Waals surface area contributed by atoms with Crippen molar-refractivity contribution in [1.29, 1.82) is 0 Å². The van der Waals surface area contributed by atoms with E-state index in [1.807, 2.05) is 0 Å². The molecule has 0 bridgehead atoms. The minimum absolute atomic E-state index is 0.0226. The fraction of sp³-hybridized carbons (Fsp3) is 0.625. The molecule has 0 spiro atoms. The second-order valence-electron chi connectivity index (χ2n) is 9.44. The summed E-state index contributed by atoms with van der Waals surface area (Å²) in [7, 11) is -3.54. The first kappa shape index (κ1) is 24.7. The Balaban J connectivity index is 1.29. The number of carbonyl (C=O) groups excluding carboxylic acids is 3. The van der Waals surface area contributed by atoms with Crippen LogP contribution in [0, 0.1) is 5.92 Å². The third kappa shape index (κ3) is 5.43. The molecule has 34 heavy (non-hydrogen) atoms. The quantitative estimate of drug-likeness (QED) is 0.587. The van der Waals surface area contributed by atoms with Crippen molar-refractivity contribution >= 4 is 33.5 Å². The van der Waals surface area contributed by atoms with Gasteiger partial charge in [0.2, 0.25) is 15.9 Å². The predicted molar refractivity (Wildman–Crippen MR) is 125 cm³/mol. The Hall–Kier alpha value is -2.46. The molecule has 3 aliphatic rings. The van der Waals surface area contributed by atoms with Gasteiger partial charge < -0.3 is 15.0 Å². The van der Waals surface area contributed by atoms with Gasteiger partial charge in [0.1, 0.15) is 0 Å². The zero-order valence-corrected chi connectivity index (χ0v) is 20.4. The van der Waals surface area contributed by atoms with Crippen molar-refractivity contribution in [1.82, 2.24) is 9.21 Å². The average molecular weight is 492 g/mol. The molecule has 0 unspecified atom stereocenters. The highest BCUT2D eigenvalue weighted by atomic mass is 32.2. The van der Waals surface area contributed by atoms with Crippen LogP contribution in [0.15, 0.2) is 29.2 Å². The topological polar surface area (TPSA) is 113 Å². The number of rotatable bonds is 7. The number of anilines is 1. The summed E-state index contributed by atoms with van der Waals surface area (Å²) in [4.78, 5) is 39.4. The summed E-state index contributed by atoms with van der Waals surface area (Å²) in [5.74, 6) is -1.63. The third-order valence-electron chi connectivity index (χ3n) is 6.99. The Morgan fingerprint density at radius 1 is 1.03 bits per heavy atom. The molecular weight excluding hydrogens is 458 g/mol. The van der Waals surface area contributed by atoms with Crippen LogP contribution in [0.25, 0.3) is 0 Å². The molecule has 2 heterocycles. The lowest BCUT2D eigenvalue weighted by Crippen LogP contribution is -2.36. The highest BCUT2D eigenvalue weighted by molar-refractivity contribution is 7.89. The van der Waals surface area contributed by atoms with Crippen molar-refractivity contribution in [2.45, 2.75) is 75.3 Å². The molecule has 3 fully saturated rings. The molecule has 0 aromatic heterocycles. The molecule has 2 amide bonds. The Kier molecular flexibility index (Phi) is 7.57. The van der Waals surface area contributed by atoms with Crippen LogP contribution in [0.1, 0.15) is 58.3 Å². The lowest BCUT2D eigenvalue weighted by Gasteiger charge is -2.25. The van der Waals surface area contributed by atoms with Crippen molar-refractivity contribution in [3.63, 3.8) is 0 Å². The molecule has 1 aliphatic carbocycles. The number of amides is 2.